The van der Waals surface area contributed by atoms with E-state index in [0.717, 1.165) is 77.0 Å². The van der Waals surface area contributed by atoms with E-state index in [4.69, 9.17) is 14.2 Å². The first-order valence-electron chi connectivity index (χ1n) is 30.1. The van der Waals surface area contributed by atoms with Gasteiger partial charge in [0.05, 0.1) is 0 Å². The van der Waals surface area contributed by atoms with Crippen LogP contribution in [0.15, 0.2) is 85.1 Å². The number of rotatable bonds is 54. The molecular weight excluding hydrogens is 877 g/mol. The molecule has 0 aromatic heterocycles. The van der Waals surface area contributed by atoms with E-state index in [1.807, 2.05) is 6.08 Å². The zero-order valence-corrected chi connectivity index (χ0v) is 46.7. The molecule has 0 radical (unpaired) electrons. The number of hydrogen-bond acceptors (Lipinski definition) is 6. The molecule has 0 amide bonds. The predicted molar refractivity (Wildman–Crippen MR) is 307 cm³/mol. The van der Waals surface area contributed by atoms with Crippen LogP contribution in [-0.4, -0.2) is 37.2 Å². The number of allylic oxidation sites excluding steroid dienone is 14. The summed E-state index contributed by atoms with van der Waals surface area (Å²) in [7, 11) is 0. The van der Waals surface area contributed by atoms with Gasteiger partial charge in [-0.25, -0.2) is 0 Å². The summed E-state index contributed by atoms with van der Waals surface area (Å²) in [5, 5.41) is 0. The monoisotopic (exact) mass is 989 g/mol. The lowest BCUT2D eigenvalue weighted by molar-refractivity contribution is -0.166. The number of carbonyl (C=O) groups is 3. The van der Waals surface area contributed by atoms with Gasteiger partial charge < -0.3 is 14.2 Å². The summed E-state index contributed by atoms with van der Waals surface area (Å²) in [6.07, 6.45) is 77.3. The van der Waals surface area contributed by atoms with Crippen LogP contribution in [0.25, 0.3) is 0 Å². The van der Waals surface area contributed by atoms with E-state index in [2.05, 4.69) is 99.8 Å². The molecule has 0 heterocycles. The Bertz CT molecular complexity index is 1370. The lowest BCUT2D eigenvalue weighted by Crippen LogP contribution is -2.30. The lowest BCUT2D eigenvalue weighted by Gasteiger charge is -2.18. The average molecular weight is 990 g/mol. The van der Waals surface area contributed by atoms with Crippen molar-refractivity contribution in [2.75, 3.05) is 13.2 Å². The molecule has 0 aromatic rings. The first kappa shape index (κ1) is 67.6. The quantitative estimate of drug-likeness (QED) is 0.0261. The zero-order chi connectivity index (χ0) is 51.4. The van der Waals surface area contributed by atoms with Crippen molar-refractivity contribution in [2.45, 2.75) is 297 Å². The fourth-order valence-corrected chi connectivity index (χ4v) is 8.41. The highest BCUT2D eigenvalue weighted by molar-refractivity contribution is 5.71. The normalized spacial score (nSPS) is 12.7. The van der Waals surface area contributed by atoms with Gasteiger partial charge in [0, 0.05) is 19.3 Å². The summed E-state index contributed by atoms with van der Waals surface area (Å²) >= 11 is 0. The molecule has 71 heavy (non-hydrogen) atoms. The molecule has 0 spiro atoms. The van der Waals surface area contributed by atoms with Gasteiger partial charge in [-0.1, -0.05) is 273 Å². The second-order valence-electron chi connectivity index (χ2n) is 19.9. The fraction of sp³-hybridized carbons (Fsp3) is 0.738. The first-order chi connectivity index (χ1) is 35.0. The minimum atomic E-state index is -0.807. The van der Waals surface area contributed by atoms with Crippen molar-refractivity contribution < 1.29 is 28.6 Å². The van der Waals surface area contributed by atoms with Gasteiger partial charge in [-0.2, -0.15) is 0 Å². The molecule has 0 rings (SSSR count). The predicted octanol–water partition coefficient (Wildman–Crippen LogP) is 20.3. The van der Waals surface area contributed by atoms with Crippen molar-refractivity contribution in [2.24, 2.45) is 0 Å². The van der Waals surface area contributed by atoms with Crippen LogP contribution >= 0.6 is 0 Å². The van der Waals surface area contributed by atoms with E-state index in [0.29, 0.717) is 19.3 Å². The molecule has 0 N–H and O–H groups in total. The maximum Gasteiger partial charge on any atom is 0.306 e. The van der Waals surface area contributed by atoms with Crippen LogP contribution in [0.2, 0.25) is 0 Å². The van der Waals surface area contributed by atoms with Gasteiger partial charge >= 0.3 is 17.9 Å². The highest BCUT2D eigenvalue weighted by Crippen LogP contribution is 2.16. The van der Waals surface area contributed by atoms with E-state index < -0.39 is 6.10 Å². The van der Waals surface area contributed by atoms with E-state index in [1.165, 1.54) is 167 Å². The Morgan fingerprint density at radius 1 is 0.296 bits per heavy atom. The maximum absolute atomic E-state index is 12.9. The topological polar surface area (TPSA) is 78.9 Å². The van der Waals surface area contributed by atoms with Crippen molar-refractivity contribution in [1.82, 2.24) is 0 Å². The number of unbranched alkanes of at least 4 members (excludes halogenated alkanes) is 29. The van der Waals surface area contributed by atoms with Crippen molar-refractivity contribution >= 4 is 17.9 Å². The summed E-state index contributed by atoms with van der Waals surface area (Å²) < 4.78 is 16.8. The summed E-state index contributed by atoms with van der Waals surface area (Å²) in [5.41, 5.74) is 0. The molecular formula is C65H112O6. The lowest BCUT2D eigenvalue weighted by atomic mass is 10.0. The second-order valence-corrected chi connectivity index (χ2v) is 19.9. The molecule has 0 aliphatic heterocycles. The van der Waals surface area contributed by atoms with Crippen LogP contribution in [0.5, 0.6) is 0 Å². The molecule has 0 bridgehead atoms. The summed E-state index contributed by atoms with van der Waals surface area (Å²) in [6.45, 7) is 6.48. The highest BCUT2D eigenvalue weighted by Gasteiger charge is 2.19. The SMILES string of the molecule is CC/C=C\C/C=C\C/C=C\C/C=C\C/C=C\C/C=C\CCC(=O)OC[C@H](COC(=O)CCCCCCCCCCC/C=C\CCCCCCCC)OC(=O)CCCCCCCCCCCCCCCCC. The maximum atomic E-state index is 12.9. The van der Waals surface area contributed by atoms with Crippen molar-refractivity contribution in [3.05, 3.63) is 85.1 Å². The molecule has 0 unspecified atom stereocenters. The average Bonchev–Trinajstić information content (AvgIpc) is 3.37. The zero-order valence-electron chi connectivity index (χ0n) is 46.7. The Kier molecular flexibility index (Phi) is 56.3. The molecule has 0 saturated carbocycles. The standard InChI is InChI=1S/C65H112O6/c1-4-7-10-13-16-19-22-25-28-30-32-34-37-39-42-45-48-51-54-57-63(66)69-60-62(71-65(68)59-56-53-50-47-44-41-36-27-24-21-18-15-12-9-6-3)61-70-64(67)58-55-52-49-46-43-40-38-35-33-31-29-26-23-20-17-14-11-8-5-2/h7,10,16,19,25-26,28-29,32,34,39,42,48,51,62H,4-6,8-9,11-15,17-18,20-24,27,30-31,33,35-38,40-41,43-47,49-50,52-61H2,1-3H3/b10-7-,19-16-,28-25-,29-26-,34-32-,42-39-,51-48-/t62-/m1/s1. The summed E-state index contributed by atoms with van der Waals surface area (Å²) in [4.78, 5) is 38.2. The van der Waals surface area contributed by atoms with Crippen LogP contribution in [0.3, 0.4) is 0 Å². The van der Waals surface area contributed by atoms with E-state index in [-0.39, 0.29) is 37.5 Å². The van der Waals surface area contributed by atoms with Crippen LogP contribution in [0.4, 0.5) is 0 Å². The van der Waals surface area contributed by atoms with Crippen LogP contribution < -0.4 is 0 Å². The van der Waals surface area contributed by atoms with E-state index in [1.54, 1.807) is 0 Å². The molecule has 6 heteroatoms. The molecule has 0 saturated heterocycles. The number of esters is 3. The third-order valence-corrected chi connectivity index (χ3v) is 12.9. The van der Waals surface area contributed by atoms with Gasteiger partial charge in [0.25, 0.3) is 0 Å². The highest BCUT2D eigenvalue weighted by atomic mass is 16.6. The largest absolute Gasteiger partial charge is 0.462 e. The Labute approximate surface area is 439 Å². The molecule has 408 valence electrons. The Morgan fingerprint density at radius 3 is 0.944 bits per heavy atom. The van der Waals surface area contributed by atoms with Crippen LogP contribution in [-0.2, 0) is 28.6 Å². The number of carbonyl (C=O) groups excluding carboxylic acids is 3. The minimum absolute atomic E-state index is 0.0984. The van der Waals surface area contributed by atoms with Gasteiger partial charge in [0.15, 0.2) is 6.10 Å². The Balaban J connectivity index is 4.46. The van der Waals surface area contributed by atoms with Crippen molar-refractivity contribution in [1.29, 1.82) is 0 Å². The Hall–Kier alpha value is -3.41. The van der Waals surface area contributed by atoms with Gasteiger partial charge in [-0.3, -0.25) is 14.4 Å². The van der Waals surface area contributed by atoms with E-state index >= 15 is 0 Å². The Morgan fingerprint density at radius 2 is 0.577 bits per heavy atom. The summed E-state index contributed by atoms with van der Waals surface area (Å²) in [5.74, 6) is -0.977. The van der Waals surface area contributed by atoms with E-state index in [9.17, 15) is 14.4 Å². The number of hydrogen-bond donors (Lipinski definition) is 0. The van der Waals surface area contributed by atoms with Gasteiger partial charge in [-0.05, 0) is 83.5 Å². The molecule has 1 atom stereocenters. The molecule has 0 fully saturated rings. The molecule has 6 nitrogen and oxygen atoms in total. The van der Waals surface area contributed by atoms with Crippen molar-refractivity contribution in [3.63, 3.8) is 0 Å². The van der Waals surface area contributed by atoms with Crippen LogP contribution in [0, 0.1) is 0 Å². The summed E-state index contributed by atoms with van der Waals surface area (Å²) in [6, 6.07) is 0. The molecule has 0 aliphatic carbocycles. The fourth-order valence-electron chi connectivity index (χ4n) is 8.41. The molecule has 0 aromatic carbocycles. The van der Waals surface area contributed by atoms with Crippen molar-refractivity contribution in [3.8, 4) is 0 Å². The smallest absolute Gasteiger partial charge is 0.306 e. The van der Waals surface area contributed by atoms with Gasteiger partial charge in [-0.15, -0.1) is 0 Å². The van der Waals surface area contributed by atoms with Gasteiger partial charge in [0.2, 0.25) is 0 Å². The van der Waals surface area contributed by atoms with Crippen LogP contribution in [0.1, 0.15) is 290 Å². The third kappa shape index (κ3) is 57.4. The third-order valence-electron chi connectivity index (χ3n) is 12.9. The number of ether oxygens (including phenoxy) is 3. The van der Waals surface area contributed by atoms with Gasteiger partial charge in [0.1, 0.15) is 13.2 Å². The molecule has 0 aliphatic rings. The first-order valence-corrected chi connectivity index (χ1v) is 30.1. The second kappa shape index (κ2) is 59.2. The minimum Gasteiger partial charge on any atom is -0.462 e.